The quantitative estimate of drug-likeness (QED) is 0.835. The Bertz CT molecular complexity index is 640. The summed E-state index contributed by atoms with van der Waals surface area (Å²) in [5.74, 6) is 0. The van der Waals surface area contributed by atoms with E-state index in [0.29, 0.717) is 6.54 Å². The van der Waals surface area contributed by atoms with Crippen molar-refractivity contribution in [1.29, 1.82) is 10.7 Å². The maximum Gasteiger partial charge on any atom is 0.143 e. The molecule has 0 spiro atoms. The first-order valence-corrected chi connectivity index (χ1v) is 5.46. The minimum atomic E-state index is -0.0682. The van der Waals surface area contributed by atoms with Crippen molar-refractivity contribution in [3.05, 3.63) is 47.8 Å². The lowest BCUT2D eigenvalue weighted by Crippen LogP contribution is -2.24. The molecule has 0 radical (unpaired) electrons. The molecule has 0 aromatic carbocycles. The maximum atomic E-state index is 9.02. The Morgan fingerprint density at radius 2 is 2.06 bits per heavy atom. The number of nitrogens with zero attached hydrogens (tertiary/aromatic N) is 3. The number of aliphatic hydroxyl groups excluding tert-OH is 1. The summed E-state index contributed by atoms with van der Waals surface area (Å²) in [6, 6.07) is 7.34. The van der Waals surface area contributed by atoms with Gasteiger partial charge in [0.2, 0.25) is 0 Å². The zero-order chi connectivity index (χ0) is 13.0. The van der Waals surface area contributed by atoms with Crippen LogP contribution < -0.4 is 5.49 Å². The lowest BCUT2D eigenvalue weighted by molar-refractivity contribution is 0.273. The van der Waals surface area contributed by atoms with E-state index in [-0.39, 0.29) is 17.7 Å². The van der Waals surface area contributed by atoms with E-state index in [0.717, 1.165) is 11.1 Å². The van der Waals surface area contributed by atoms with Gasteiger partial charge in [-0.1, -0.05) is 0 Å². The van der Waals surface area contributed by atoms with Gasteiger partial charge in [-0.2, -0.15) is 5.26 Å². The van der Waals surface area contributed by atoms with E-state index >= 15 is 0 Å². The third kappa shape index (κ3) is 2.29. The van der Waals surface area contributed by atoms with E-state index in [1.165, 1.54) is 0 Å². The molecule has 0 saturated heterocycles. The molecule has 2 heterocycles. The summed E-state index contributed by atoms with van der Waals surface area (Å²) >= 11 is 0. The molecule has 5 heteroatoms. The average molecular weight is 240 g/mol. The molecule has 0 amide bonds. The zero-order valence-electron chi connectivity index (χ0n) is 9.67. The second-order valence-corrected chi connectivity index (χ2v) is 3.76. The first-order valence-electron chi connectivity index (χ1n) is 5.46. The Balaban J connectivity index is 2.60. The summed E-state index contributed by atoms with van der Waals surface area (Å²) in [6.07, 6.45) is 5.10. The second-order valence-electron chi connectivity index (χ2n) is 3.76. The number of aromatic nitrogens is 2. The molecule has 0 aliphatic carbocycles. The molecule has 90 valence electrons. The van der Waals surface area contributed by atoms with Crippen molar-refractivity contribution < 1.29 is 5.11 Å². The number of hydrogen-bond acceptors (Lipinski definition) is 4. The van der Waals surface area contributed by atoms with Crippen LogP contribution in [-0.2, 0) is 6.54 Å². The summed E-state index contributed by atoms with van der Waals surface area (Å²) in [5, 5.41) is 25.8. The summed E-state index contributed by atoms with van der Waals surface area (Å²) in [5.41, 5.74) is 2.16. The molecule has 0 saturated carbocycles. The highest BCUT2D eigenvalue weighted by Gasteiger charge is 2.05. The summed E-state index contributed by atoms with van der Waals surface area (Å²) in [4.78, 5) is 3.94. The summed E-state index contributed by atoms with van der Waals surface area (Å²) in [7, 11) is 0. The topological polar surface area (TPSA) is 85.7 Å². The van der Waals surface area contributed by atoms with Crippen molar-refractivity contribution in [3.63, 3.8) is 0 Å². The third-order valence-corrected chi connectivity index (χ3v) is 2.61. The molecule has 0 unspecified atom stereocenters. The van der Waals surface area contributed by atoms with Crippen LogP contribution in [0.3, 0.4) is 0 Å². The van der Waals surface area contributed by atoms with Crippen molar-refractivity contribution in [2.45, 2.75) is 6.54 Å². The van der Waals surface area contributed by atoms with Gasteiger partial charge in [-0.25, -0.2) is 0 Å². The minimum Gasteiger partial charge on any atom is -0.395 e. The van der Waals surface area contributed by atoms with E-state index in [9.17, 15) is 0 Å². The van der Waals surface area contributed by atoms with Crippen molar-refractivity contribution in [2.24, 2.45) is 0 Å². The van der Waals surface area contributed by atoms with Crippen LogP contribution >= 0.6 is 0 Å². The normalized spacial score (nSPS) is 10.0. The minimum absolute atomic E-state index is 0.0682. The Morgan fingerprint density at radius 3 is 2.67 bits per heavy atom. The van der Waals surface area contributed by atoms with Crippen LogP contribution in [0.5, 0.6) is 0 Å². The molecular weight excluding hydrogens is 228 g/mol. The highest BCUT2D eigenvalue weighted by atomic mass is 16.3. The van der Waals surface area contributed by atoms with Crippen LogP contribution in [0.4, 0.5) is 0 Å². The average Bonchev–Trinajstić information content (AvgIpc) is 2.42. The van der Waals surface area contributed by atoms with Crippen LogP contribution in [0.1, 0.15) is 5.56 Å². The molecule has 0 atom stereocenters. The van der Waals surface area contributed by atoms with Crippen LogP contribution in [0, 0.1) is 16.7 Å². The van der Waals surface area contributed by atoms with Gasteiger partial charge >= 0.3 is 0 Å². The van der Waals surface area contributed by atoms with Crippen LogP contribution in [-0.4, -0.2) is 21.3 Å². The molecule has 5 nitrogen and oxygen atoms in total. The molecule has 0 aliphatic heterocycles. The zero-order valence-corrected chi connectivity index (χ0v) is 9.67. The molecule has 0 bridgehead atoms. The Hall–Kier alpha value is -2.45. The van der Waals surface area contributed by atoms with Gasteiger partial charge in [0, 0.05) is 25.1 Å². The third-order valence-electron chi connectivity index (χ3n) is 2.61. The van der Waals surface area contributed by atoms with Crippen molar-refractivity contribution in [3.8, 4) is 17.2 Å². The van der Waals surface area contributed by atoms with E-state index in [4.69, 9.17) is 15.8 Å². The highest BCUT2D eigenvalue weighted by molar-refractivity contribution is 5.63. The monoisotopic (exact) mass is 240 g/mol. The van der Waals surface area contributed by atoms with Crippen LogP contribution in [0.2, 0.25) is 0 Å². The van der Waals surface area contributed by atoms with E-state index in [1.54, 1.807) is 29.2 Å². The molecule has 2 N–H and O–H groups in total. The number of nitriles is 1. The van der Waals surface area contributed by atoms with Gasteiger partial charge in [0.25, 0.3) is 0 Å². The molecule has 0 aliphatic rings. The predicted octanol–water partition coefficient (Wildman–Crippen LogP) is 0.894. The van der Waals surface area contributed by atoms with Gasteiger partial charge < -0.3 is 9.67 Å². The fourth-order valence-electron chi connectivity index (χ4n) is 1.72. The standard InChI is InChI=1S/C13H12N4O/c14-8-11-7-12(10-1-3-16-4-2-10)9-17(5-6-18)13(11)15/h1-4,7,9,15,18H,5-6H2. The number of rotatable bonds is 3. The Morgan fingerprint density at radius 1 is 1.33 bits per heavy atom. The number of pyridine rings is 2. The van der Waals surface area contributed by atoms with Gasteiger partial charge in [0.15, 0.2) is 0 Å². The van der Waals surface area contributed by atoms with Gasteiger partial charge in [-0.3, -0.25) is 10.4 Å². The van der Waals surface area contributed by atoms with Gasteiger partial charge in [0.05, 0.1) is 12.2 Å². The summed E-state index contributed by atoms with van der Waals surface area (Å²) < 4.78 is 1.56. The smallest absolute Gasteiger partial charge is 0.143 e. The van der Waals surface area contributed by atoms with Gasteiger partial charge in [-0.15, -0.1) is 0 Å². The second kappa shape index (κ2) is 5.25. The molecule has 18 heavy (non-hydrogen) atoms. The van der Waals surface area contributed by atoms with E-state index in [2.05, 4.69) is 4.98 Å². The molecule has 2 rings (SSSR count). The summed E-state index contributed by atoms with van der Waals surface area (Å²) in [6.45, 7) is 0.230. The van der Waals surface area contributed by atoms with Gasteiger partial charge in [-0.05, 0) is 29.3 Å². The molecule has 2 aromatic rings. The van der Waals surface area contributed by atoms with Crippen LogP contribution in [0.15, 0.2) is 36.8 Å². The number of nitrogens with one attached hydrogen (secondary N) is 1. The highest BCUT2D eigenvalue weighted by Crippen LogP contribution is 2.17. The van der Waals surface area contributed by atoms with Crippen molar-refractivity contribution in [2.75, 3.05) is 6.61 Å². The number of aliphatic hydroxyl groups is 1. The fraction of sp³-hybridized carbons (Fsp3) is 0.154. The largest absolute Gasteiger partial charge is 0.395 e. The SMILES string of the molecule is N#Cc1cc(-c2ccncc2)cn(CCO)c1=N. The maximum absolute atomic E-state index is 9.02. The molecular formula is C13H12N4O. The molecule has 0 fully saturated rings. The Labute approximate surface area is 104 Å². The van der Waals surface area contributed by atoms with Gasteiger partial charge in [0.1, 0.15) is 11.6 Å². The lowest BCUT2D eigenvalue weighted by Gasteiger charge is -2.09. The fourth-order valence-corrected chi connectivity index (χ4v) is 1.72. The van der Waals surface area contributed by atoms with E-state index < -0.39 is 0 Å². The van der Waals surface area contributed by atoms with Crippen molar-refractivity contribution in [1.82, 2.24) is 9.55 Å². The predicted molar refractivity (Wildman–Crippen MR) is 65.3 cm³/mol. The lowest BCUT2D eigenvalue weighted by atomic mass is 10.1. The number of hydrogen-bond donors (Lipinski definition) is 2. The first kappa shape index (κ1) is 12.0. The van der Waals surface area contributed by atoms with E-state index in [1.807, 2.05) is 18.2 Å². The Kier molecular flexibility index (Phi) is 3.51. The first-order chi connectivity index (χ1) is 8.76. The van der Waals surface area contributed by atoms with Crippen molar-refractivity contribution >= 4 is 0 Å². The van der Waals surface area contributed by atoms with Crippen LogP contribution in [0.25, 0.3) is 11.1 Å². The molecule has 2 aromatic heterocycles.